The SMILES string of the molecule is Cc1cc2n(n1)C[C@H](CNC[C@H]1CCN(C)c3ccccc31)CN2. The van der Waals surface area contributed by atoms with Crippen molar-refractivity contribution in [3.63, 3.8) is 0 Å². The third-order valence-electron chi connectivity index (χ3n) is 5.33. The molecule has 2 aliphatic rings. The second-order valence-corrected chi connectivity index (χ2v) is 7.22. The van der Waals surface area contributed by atoms with Crippen LogP contribution in [-0.2, 0) is 6.54 Å². The molecule has 0 fully saturated rings. The zero-order chi connectivity index (χ0) is 16.5. The summed E-state index contributed by atoms with van der Waals surface area (Å²) in [5.41, 5.74) is 3.98. The second kappa shape index (κ2) is 6.48. The summed E-state index contributed by atoms with van der Waals surface area (Å²) in [6.45, 7) is 7.34. The first-order valence-corrected chi connectivity index (χ1v) is 9.00. The van der Waals surface area contributed by atoms with Gasteiger partial charge in [-0.3, -0.25) is 0 Å². The normalized spacial score (nSPS) is 22.7. The van der Waals surface area contributed by atoms with E-state index in [-0.39, 0.29) is 0 Å². The smallest absolute Gasteiger partial charge is 0.124 e. The summed E-state index contributed by atoms with van der Waals surface area (Å²) in [6, 6.07) is 11.0. The van der Waals surface area contributed by atoms with Gasteiger partial charge in [0.05, 0.1) is 5.69 Å². The van der Waals surface area contributed by atoms with Gasteiger partial charge in [-0.15, -0.1) is 0 Å². The summed E-state index contributed by atoms with van der Waals surface area (Å²) < 4.78 is 2.11. The van der Waals surface area contributed by atoms with E-state index >= 15 is 0 Å². The molecule has 0 saturated heterocycles. The van der Waals surface area contributed by atoms with Gasteiger partial charge in [-0.25, -0.2) is 4.68 Å². The van der Waals surface area contributed by atoms with Crippen molar-refractivity contribution in [1.82, 2.24) is 15.1 Å². The molecule has 5 nitrogen and oxygen atoms in total. The van der Waals surface area contributed by atoms with E-state index in [1.165, 1.54) is 17.7 Å². The number of aromatic nitrogens is 2. The number of para-hydroxylation sites is 1. The Hall–Kier alpha value is -2.01. The summed E-state index contributed by atoms with van der Waals surface area (Å²) in [6.07, 6.45) is 1.23. The number of rotatable bonds is 4. The van der Waals surface area contributed by atoms with Crippen LogP contribution >= 0.6 is 0 Å². The van der Waals surface area contributed by atoms with E-state index < -0.39 is 0 Å². The standard InChI is InChI=1S/C19H27N5/c1-14-9-19-21-11-15(13-24(19)22-14)10-20-12-16-7-8-23(2)18-6-4-3-5-17(16)18/h3-6,9,15-16,20-21H,7-8,10-13H2,1-2H3/t15-,16-/m1/s1. The predicted molar refractivity (Wildman–Crippen MR) is 98.9 cm³/mol. The zero-order valence-corrected chi connectivity index (χ0v) is 14.6. The number of benzene rings is 1. The highest BCUT2D eigenvalue weighted by Crippen LogP contribution is 2.33. The number of nitrogens with zero attached hydrogens (tertiary/aromatic N) is 3. The van der Waals surface area contributed by atoms with Gasteiger partial charge in [0.2, 0.25) is 0 Å². The molecule has 4 rings (SSSR count). The van der Waals surface area contributed by atoms with E-state index in [4.69, 9.17) is 0 Å². The molecular formula is C19H27N5. The Morgan fingerprint density at radius 2 is 2.17 bits per heavy atom. The van der Waals surface area contributed by atoms with Crippen LogP contribution in [0.5, 0.6) is 0 Å². The molecule has 0 unspecified atom stereocenters. The van der Waals surface area contributed by atoms with Crippen molar-refractivity contribution in [1.29, 1.82) is 0 Å². The lowest BCUT2D eigenvalue weighted by Crippen LogP contribution is -2.38. The fourth-order valence-corrected chi connectivity index (χ4v) is 4.00. The minimum absolute atomic E-state index is 0.596. The minimum atomic E-state index is 0.596. The fraction of sp³-hybridized carbons (Fsp3) is 0.526. The van der Waals surface area contributed by atoms with E-state index in [1.807, 2.05) is 0 Å². The molecule has 128 valence electrons. The second-order valence-electron chi connectivity index (χ2n) is 7.22. The lowest BCUT2D eigenvalue weighted by atomic mass is 9.90. The van der Waals surface area contributed by atoms with Gasteiger partial charge >= 0.3 is 0 Å². The number of anilines is 2. The molecular weight excluding hydrogens is 298 g/mol. The maximum Gasteiger partial charge on any atom is 0.124 e. The Kier molecular flexibility index (Phi) is 4.19. The van der Waals surface area contributed by atoms with Crippen molar-refractivity contribution in [2.75, 3.05) is 43.4 Å². The molecule has 2 aliphatic heterocycles. The number of hydrogen-bond acceptors (Lipinski definition) is 4. The Bertz CT molecular complexity index is 708. The van der Waals surface area contributed by atoms with Crippen LogP contribution in [0, 0.1) is 12.8 Å². The largest absolute Gasteiger partial charge is 0.374 e. The third kappa shape index (κ3) is 3.00. The maximum atomic E-state index is 4.56. The monoisotopic (exact) mass is 325 g/mol. The zero-order valence-electron chi connectivity index (χ0n) is 14.6. The molecule has 0 saturated carbocycles. The van der Waals surface area contributed by atoms with Gasteiger partial charge < -0.3 is 15.5 Å². The van der Waals surface area contributed by atoms with Crippen LogP contribution in [0.1, 0.15) is 23.6 Å². The van der Waals surface area contributed by atoms with Crippen LogP contribution in [0.15, 0.2) is 30.3 Å². The highest BCUT2D eigenvalue weighted by Gasteiger charge is 2.23. The molecule has 1 aromatic carbocycles. The molecule has 0 spiro atoms. The van der Waals surface area contributed by atoms with Crippen LogP contribution in [0.2, 0.25) is 0 Å². The number of fused-ring (bicyclic) bond motifs is 2. The predicted octanol–water partition coefficient (Wildman–Crippen LogP) is 2.45. The van der Waals surface area contributed by atoms with Crippen molar-refractivity contribution in [3.05, 3.63) is 41.6 Å². The van der Waals surface area contributed by atoms with Gasteiger partial charge in [0, 0.05) is 63.4 Å². The minimum Gasteiger partial charge on any atom is -0.374 e. The first-order chi connectivity index (χ1) is 11.7. The average molecular weight is 325 g/mol. The first-order valence-electron chi connectivity index (χ1n) is 9.00. The van der Waals surface area contributed by atoms with Crippen LogP contribution in [0.25, 0.3) is 0 Å². The number of hydrogen-bond donors (Lipinski definition) is 2. The molecule has 2 aromatic rings. The van der Waals surface area contributed by atoms with Crippen molar-refractivity contribution in [2.24, 2.45) is 5.92 Å². The van der Waals surface area contributed by atoms with Crippen LogP contribution in [0.3, 0.4) is 0 Å². The molecule has 0 amide bonds. The summed E-state index contributed by atoms with van der Waals surface area (Å²) in [5, 5.41) is 11.8. The summed E-state index contributed by atoms with van der Waals surface area (Å²) >= 11 is 0. The van der Waals surface area contributed by atoms with Crippen molar-refractivity contribution < 1.29 is 0 Å². The van der Waals surface area contributed by atoms with Gasteiger partial charge in [0.1, 0.15) is 5.82 Å². The lowest BCUT2D eigenvalue weighted by molar-refractivity contribution is 0.383. The molecule has 0 radical (unpaired) electrons. The fourth-order valence-electron chi connectivity index (χ4n) is 4.00. The van der Waals surface area contributed by atoms with Crippen molar-refractivity contribution in [2.45, 2.75) is 25.8 Å². The van der Waals surface area contributed by atoms with E-state index in [2.05, 4.69) is 69.6 Å². The van der Waals surface area contributed by atoms with E-state index in [1.54, 1.807) is 0 Å². The quantitative estimate of drug-likeness (QED) is 0.906. The van der Waals surface area contributed by atoms with Crippen molar-refractivity contribution >= 4 is 11.5 Å². The molecule has 0 bridgehead atoms. The van der Waals surface area contributed by atoms with Gasteiger partial charge in [0.15, 0.2) is 0 Å². The molecule has 1 aromatic heterocycles. The highest BCUT2D eigenvalue weighted by molar-refractivity contribution is 5.56. The topological polar surface area (TPSA) is 45.1 Å². The first kappa shape index (κ1) is 15.5. The molecule has 0 aliphatic carbocycles. The molecule has 3 heterocycles. The van der Waals surface area contributed by atoms with Gasteiger partial charge in [-0.05, 0) is 25.0 Å². The lowest BCUT2D eigenvalue weighted by Gasteiger charge is -2.34. The van der Waals surface area contributed by atoms with E-state index in [9.17, 15) is 0 Å². The molecule has 5 heteroatoms. The molecule has 2 N–H and O–H groups in total. The Morgan fingerprint density at radius 1 is 1.29 bits per heavy atom. The van der Waals surface area contributed by atoms with E-state index in [0.717, 1.165) is 44.2 Å². The molecule has 2 atom stereocenters. The Balaban J connectivity index is 1.33. The van der Waals surface area contributed by atoms with Crippen LogP contribution < -0.4 is 15.5 Å². The van der Waals surface area contributed by atoms with Crippen molar-refractivity contribution in [3.8, 4) is 0 Å². The number of aryl methyl sites for hydroxylation is 1. The van der Waals surface area contributed by atoms with Crippen LogP contribution in [0.4, 0.5) is 11.5 Å². The Morgan fingerprint density at radius 3 is 3.08 bits per heavy atom. The van der Waals surface area contributed by atoms with Gasteiger partial charge in [-0.1, -0.05) is 18.2 Å². The average Bonchev–Trinajstić information content (AvgIpc) is 2.96. The Labute approximate surface area is 144 Å². The summed E-state index contributed by atoms with van der Waals surface area (Å²) in [7, 11) is 2.19. The maximum absolute atomic E-state index is 4.56. The third-order valence-corrected chi connectivity index (χ3v) is 5.33. The van der Waals surface area contributed by atoms with Gasteiger partial charge in [-0.2, -0.15) is 5.10 Å². The van der Waals surface area contributed by atoms with Gasteiger partial charge in [0.25, 0.3) is 0 Å². The molecule has 24 heavy (non-hydrogen) atoms. The highest BCUT2D eigenvalue weighted by atomic mass is 15.3. The van der Waals surface area contributed by atoms with Crippen LogP contribution in [-0.4, -0.2) is 43.0 Å². The van der Waals surface area contributed by atoms with E-state index in [0.29, 0.717) is 11.8 Å². The summed E-state index contributed by atoms with van der Waals surface area (Å²) in [4.78, 5) is 2.37. The summed E-state index contributed by atoms with van der Waals surface area (Å²) in [5.74, 6) is 2.38. The number of nitrogens with one attached hydrogen (secondary N) is 2.